The van der Waals surface area contributed by atoms with E-state index in [4.69, 9.17) is 80.5 Å². The Morgan fingerprint density at radius 2 is 0.798 bits per heavy atom. The van der Waals surface area contributed by atoms with Gasteiger partial charge in [-0.2, -0.15) is 27.9 Å². The van der Waals surface area contributed by atoms with Crippen LogP contribution in [0.2, 0.25) is 0 Å². The van der Waals surface area contributed by atoms with Crippen molar-refractivity contribution in [2.45, 2.75) is 293 Å². The van der Waals surface area contributed by atoms with E-state index in [1.807, 2.05) is 6.92 Å². The standard InChI is InChI=1S/C73H118FN5O43S2/c1-4-5-8-11-76-63(102)30(15-31(86)23-107-14-13-106-22-29(2)85)24-123-26-39-61-47(93)54(100)71(114-39)119-59-37(20-83)110-68(50(96)43(59)89)118-58-36(19-82)113-70(53(99)46(58)92)122-62-40(27-124-25-33(75-3)65(104)77-12-9-6-7-10-41(87)108-28-79-16-32(74)64(103)78-73(79)105)115-72(55(101)48(62)94)120-60-38(21-84)111-67(51(97)44(60)90)116-56-34(17-80)109-66(49(95)42(56)88)117-57-35(18-81)112-69(121-61)52(98)45(57)91/h16,30,33-40,42-62,66-72,75,80-84,88-101H,4-15,17-28H2,1-3H3,(H,76,102)(H,77,104)(H,78,103,105)/t30-,33-,34?,35?,36?,37?,38?,39?,40?,42-,43-,44-,45-,46-,47-,48-,49?,50?,51?,52?,53?,54?,55?,56-,57-,58-,59-,60-,61-,62-,66-,67-,68+,69-,70+,71-,72+/m1/s1. The van der Waals surface area contributed by atoms with Crippen LogP contribution in [-0.2, 0) is 111 Å². The Balaban J connectivity index is 0.964. The first-order valence-electron chi connectivity index (χ1n) is 40.7. The number of aromatic nitrogens is 2. The van der Waals surface area contributed by atoms with Gasteiger partial charge < -0.3 is 194 Å². The van der Waals surface area contributed by atoms with Gasteiger partial charge in [0.05, 0.1) is 76.6 Å². The number of carbonyl (C=O) groups is 5. The number of Topliss-reactive ketones (excluding diaryl/α,β-unsaturated/α-hetero) is 2. The molecular formula is C73H118FN5O43S2. The number of likely N-dealkylation sites (N-methyl/N-ethyl adjacent to an activating group) is 1. The van der Waals surface area contributed by atoms with Gasteiger partial charge in [0.1, 0.15) is 172 Å². The molecule has 22 heterocycles. The first-order chi connectivity index (χ1) is 59.2. The summed E-state index contributed by atoms with van der Waals surface area (Å²) >= 11 is 1.86. The van der Waals surface area contributed by atoms with Crippen molar-refractivity contribution in [2.75, 3.05) is 103 Å². The van der Waals surface area contributed by atoms with E-state index in [0.29, 0.717) is 30.0 Å². The fourth-order valence-electron chi connectivity index (χ4n) is 14.8. The average Bonchev–Trinajstić information content (AvgIpc) is 0.783. The zero-order chi connectivity index (χ0) is 90.5. The molecule has 0 spiro atoms. The first kappa shape index (κ1) is 103. The van der Waals surface area contributed by atoms with Crippen molar-refractivity contribution in [3.63, 3.8) is 0 Å². The van der Waals surface area contributed by atoms with Gasteiger partial charge in [-0.05, 0) is 33.2 Å². The molecule has 1 aromatic rings. The molecule has 22 rings (SSSR count). The van der Waals surface area contributed by atoms with Gasteiger partial charge in [-0.1, -0.05) is 26.2 Å². The fourth-order valence-corrected chi connectivity index (χ4v) is 17.2. The van der Waals surface area contributed by atoms with Crippen LogP contribution in [0.15, 0.2) is 15.8 Å². The number of aliphatic hydroxyl groups excluding tert-OH is 19. The van der Waals surface area contributed by atoms with E-state index in [2.05, 4.69) is 16.0 Å². The number of rotatable bonds is 37. The van der Waals surface area contributed by atoms with Crippen molar-refractivity contribution >= 4 is 52.9 Å². The smallest absolute Gasteiger partial charge is 0.331 e. The lowest BCUT2D eigenvalue weighted by Gasteiger charge is -2.50. The zero-order valence-corrected chi connectivity index (χ0v) is 69.5. The lowest BCUT2D eigenvalue weighted by molar-refractivity contribution is -0.395. The van der Waals surface area contributed by atoms with Crippen LogP contribution >= 0.6 is 23.5 Å². The molecule has 2 amide bonds. The summed E-state index contributed by atoms with van der Waals surface area (Å²) in [5.74, 6) is -6.09. The summed E-state index contributed by atoms with van der Waals surface area (Å²) in [6.45, 7) is -3.50. The van der Waals surface area contributed by atoms with Gasteiger partial charge in [-0.15, -0.1) is 0 Å². The maximum absolute atomic E-state index is 13.9. The Labute approximate surface area is 715 Å². The van der Waals surface area contributed by atoms with Gasteiger partial charge in [0.25, 0.3) is 5.56 Å². The van der Waals surface area contributed by atoms with E-state index in [1.54, 1.807) is 4.98 Å². The maximum Gasteiger partial charge on any atom is 0.331 e. The maximum atomic E-state index is 13.9. The highest BCUT2D eigenvalue weighted by atomic mass is 32.2. The lowest BCUT2D eigenvalue weighted by atomic mass is 9.95. The number of hydrogen-bond acceptors (Lipinski definition) is 46. The Morgan fingerprint density at radius 3 is 1.15 bits per heavy atom. The minimum absolute atomic E-state index is 0.0302. The van der Waals surface area contributed by atoms with Crippen LogP contribution < -0.4 is 27.2 Å². The molecule has 0 saturated carbocycles. The number of nitrogens with zero attached hydrogens (tertiary/aromatic N) is 1. The number of H-pyrrole nitrogens is 1. The van der Waals surface area contributed by atoms with Gasteiger partial charge in [0.2, 0.25) is 17.6 Å². The molecular weight excluding hydrogens is 1720 g/mol. The number of aliphatic hydroxyl groups is 19. The highest BCUT2D eigenvalue weighted by Gasteiger charge is 2.60. The van der Waals surface area contributed by atoms with Gasteiger partial charge in [-0.3, -0.25) is 38.3 Å². The second-order valence-electron chi connectivity index (χ2n) is 30.9. The number of aromatic amines is 1. The number of halogens is 1. The molecule has 712 valence electrons. The fraction of sp³-hybridized carbons (Fsp3) is 0.877. The largest absolute Gasteiger partial charge is 0.444 e. The number of hydrogen-bond donors (Lipinski definition) is 23. The summed E-state index contributed by atoms with van der Waals surface area (Å²) in [5.41, 5.74) is -2.26. The predicted octanol–water partition coefficient (Wildman–Crippen LogP) is -12.8. The van der Waals surface area contributed by atoms with Crippen LogP contribution in [0.3, 0.4) is 0 Å². The van der Waals surface area contributed by atoms with Crippen LogP contribution in [0.4, 0.5) is 4.39 Å². The first-order valence-corrected chi connectivity index (χ1v) is 43.0. The molecule has 51 heteroatoms. The van der Waals surface area contributed by atoms with Crippen LogP contribution in [0, 0.1) is 11.7 Å². The van der Waals surface area contributed by atoms with Crippen molar-refractivity contribution in [1.82, 2.24) is 25.5 Å². The third-order valence-electron chi connectivity index (χ3n) is 21.8. The van der Waals surface area contributed by atoms with Gasteiger partial charge >= 0.3 is 11.7 Å². The van der Waals surface area contributed by atoms with Crippen LogP contribution in [0.25, 0.3) is 0 Å². The summed E-state index contributed by atoms with van der Waals surface area (Å²) < 4.78 is 114. The van der Waals surface area contributed by atoms with Crippen molar-refractivity contribution in [2.24, 2.45) is 5.92 Å². The number of unbranched alkanes of at least 4 members (excludes halogenated alkanes) is 4. The summed E-state index contributed by atoms with van der Waals surface area (Å²) in [7, 11) is 1.44. The molecule has 21 saturated heterocycles. The number of thioether (sulfide) groups is 2. The van der Waals surface area contributed by atoms with Crippen LogP contribution in [0.1, 0.15) is 65.2 Å². The number of ether oxygens (including phenoxy) is 17. The normalized spacial score (nSPS) is 39.2. The molecule has 0 aromatic carbocycles. The Morgan fingerprint density at radius 1 is 0.460 bits per heavy atom. The minimum atomic E-state index is -2.33. The molecule has 0 aliphatic carbocycles. The molecule has 0 radical (unpaired) electrons. The topological polar surface area (TPSA) is 718 Å². The number of ketones is 2. The Kier molecular flexibility index (Phi) is 41.5. The van der Waals surface area contributed by atoms with E-state index >= 15 is 0 Å². The lowest BCUT2D eigenvalue weighted by Crippen LogP contribution is -2.68. The van der Waals surface area contributed by atoms with Crippen molar-refractivity contribution in [3.05, 3.63) is 32.9 Å². The number of esters is 1. The van der Waals surface area contributed by atoms with E-state index in [0.717, 1.165) is 36.4 Å². The summed E-state index contributed by atoms with van der Waals surface area (Å²) in [4.78, 5) is 89.6. The molecule has 21 aliphatic heterocycles. The van der Waals surface area contributed by atoms with Crippen molar-refractivity contribution in [1.29, 1.82) is 0 Å². The van der Waals surface area contributed by atoms with Gasteiger partial charge in [0, 0.05) is 48.9 Å². The Hall–Kier alpha value is -4.38. The quantitative estimate of drug-likeness (QED) is 0.0217. The average molecular weight is 1840 g/mol. The zero-order valence-electron chi connectivity index (χ0n) is 67.8. The Bertz CT molecular complexity index is 3570. The summed E-state index contributed by atoms with van der Waals surface area (Å²) in [6, 6.07) is -1.00. The summed E-state index contributed by atoms with van der Waals surface area (Å²) in [6.07, 6.45) is -70.1. The third-order valence-corrected chi connectivity index (χ3v) is 24.1. The molecule has 14 unspecified atom stereocenters. The molecule has 14 bridgehead atoms. The van der Waals surface area contributed by atoms with Gasteiger partial charge in [-0.25, -0.2) is 4.79 Å². The monoisotopic (exact) mass is 1840 g/mol. The molecule has 1 aromatic heterocycles. The molecule has 21 fully saturated rings. The van der Waals surface area contributed by atoms with E-state index < -0.39 is 326 Å². The van der Waals surface area contributed by atoms with Crippen LogP contribution in [0.5, 0.6) is 0 Å². The second kappa shape index (κ2) is 49.7. The van der Waals surface area contributed by atoms with Crippen LogP contribution in [-0.4, -0.2) is 460 Å². The molecule has 37 atom stereocenters. The van der Waals surface area contributed by atoms with E-state index in [-0.39, 0.29) is 68.8 Å². The molecule has 48 nitrogen and oxygen atoms in total. The SMILES string of the molecule is CCCCCNC(=O)[C@@H](CSCC1O[C@@H]2O[C@@H]3C(CO)O[C@@H](O[C@@H]4C(CO)O[C@@H](O[C@@H]5C(CSC[C@@H](NC)C(=O)NCCCCCC(=O)OCn6cc(F)c(=O)[nH]c6=O)O[C@@H](O[C@@H]6C(CO)O[C@H](O[C@@H]7C(CO)O[C@H](O[C@@H]8C(CO)O[C@H](O[C@H]1[C@H](O)C2O)C(O)[C@H]8O)C(O)[C@H]7O)C(O)[C@H]6O)C(O)[C@H]5O)C(O)[C@H]4O)C(O)[C@H]3O)CC(=O)COCCOCC(C)=O. The molecule has 21 aliphatic rings. The highest BCUT2D eigenvalue weighted by Crippen LogP contribution is 2.40. The molecule has 23 N–H and O–H groups in total. The number of nitrogens with one attached hydrogen (secondary N) is 4. The summed E-state index contributed by atoms with van der Waals surface area (Å²) in [5, 5.41) is 229. The van der Waals surface area contributed by atoms with Crippen molar-refractivity contribution in [3.8, 4) is 0 Å². The third kappa shape index (κ3) is 26.7. The molecule has 124 heavy (non-hydrogen) atoms. The minimum Gasteiger partial charge on any atom is -0.444 e. The van der Waals surface area contributed by atoms with Gasteiger partial charge in [0.15, 0.2) is 62.3 Å². The second-order valence-corrected chi connectivity index (χ2v) is 33.1. The number of amides is 2. The number of carbonyl (C=O) groups excluding carboxylic acids is 5. The predicted molar refractivity (Wildman–Crippen MR) is 409 cm³/mol. The van der Waals surface area contributed by atoms with Crippen molar-refractivity contribution < 1.29 is 206 Å². The van der Waals surface area contributed by atoms with E-state index in [1.165, 1.54) is 14.0 Å². The van der Waals surface area contributed by atoms with E-state index in [9.17, 15) is 135 Å². The highest BCUT2D eigenvalue weighted by molar-refractivity contribution is 7.99.